The zero-order valence-corrected chi connectivity index (χ0v) is 12.6. The van der Waals surface area contributed by atoms with Crippen molar-refractivity contribution in [3.63, 3.8) is 0 Å². The molecule has 2 rings (SSSR count). The Hall–Kier alpha value is -2.27. The van der Waals surface area contributed by atoms with E-state index in [0.29, 0.717) is 6.54 Å². The zero-order valence-electron chi connectivity index (χ0n) is 11.7. The lowest BCUT2D eigenvalue weighted by Gasteiger charge is -2.15. The Kier molecular flexibility index (Phi) is 5.00. The molecule has 0 spiro atoms. The number of thiocarbonyl (C=S) groups is 1. The number of aromatic nitrogens is 1. The fourth-order valence-electron chi connectivity index (χ4n) is 2.07. The maximum Gasteiger partial charge on any atom is 0.234 e. The third-order valence-electron chi connectivity index (χ3n) is 3.07. The van der Waals surface area contributed by atoms with Gasteiger partial charge in [-0.2, -0.15) is 0 Å². The molecule has 2 aromatic rings. The number of benzene rings is 1. The lowest BCUT2D eigenvalue weighted by molar-refractivity contribution is -0.121. The van der Waals surface area contributed by atoms with Gasteiger partial charge in [-0.05, 0) is 24.6 Å². The molecule has 1 aromatic carbocycles. The van der Waals surface area contributed by atoms with E-state index >= 15 is 0 Å². The first-order valence-corrected chi connectivity index (χ1v) is 7.03. The van der Waals surface area contributed by atoms with Crippen molar-refractivity contribution in [2.75, 3.05) is 0 Å². The Morgan fingerprint density at radius 3 is 2.57 bits per heavy atom. The quantitative estimate of drug-likeness (QED) is 0.829. The monoisotopic (exact) mass is 299 g/mol. The first-order valence-electron chi connectivity index (χ1n) is 6.62. The van der Waals surface area contributed by atoms with Crippen LogP contribution in [0.2, 0.25) is 0 Å². The van der Waals surface area contributed by atoms with Crippen LogP contribution in [0.25, 0.3) is 0 Å². The average Bonchev–Trinajstić information content (AvgIpc) is 2.46. The average molecular weight is 299 g/mol. The molecule has 0 aliphatic heterocycles. The number of hydrogen-bond donors (Lipinski definition) is 2. The summed E-state index contributed by atoms with van der Waals surface area (Å²) in [5.74, 6) is -0.831. The number of hydrogen-bond acceptors (Lipinski definition) is 3. The van der Waals surface area contributed by atoms with Crippen LogP contribution in [-0.4, -0.2) is 15.9 Å². The van der Waals surface area contributed by atoms with E-state index in [2.05, 4.69) is 10.3 Å². The number of pyridine rings is 1. The molecule has 0 bridgehead atoms. The van der Waals surface area contributed by atoms with Gasteiger partial charge in [0, 0.05) is 5.69 Å². The molecule has 1 aromatic heterocycles. The topological polar surface area (TPSA) is 68.0 Å². The zero-order chi connectivity index (χ0) is 15.2. The highest BCUT2D eigenvalue weighted by atomic mass is 32.1. The molecule has 4 nitrogen and oxygen atoms in total. The van der Waals surface area contributed by atoms with Crippen LogP contribution < -0.4 is 11.1 Å². The molecule has 0 saturated heterocycles. The molecule has 0 aliphatic carbocycles. The number of aryl methyl sites for hydroxylation is 1. The highest BCUT2D eigenvalue weighted by Crippen LogP contribution is 2.16. The van der Waals surface area contributed by atoms with Crippen molar-refractivity contribution in [1.29, 1.82) is 0 Å². The lowest BCUT2D eigenvalue weighted by Crippen LogP contribution is -2.36. The second-order valence-corrected chi connectivity index (χ2v) is 5.21. The van der Waals surface area contributed by atoms with Crippen molar-refractivity contribution >= 4 is 23.1 Å². The van der Waals surface area contributed by atoms with Crippen LogP contribution in [0.3, 0.4) is 0 Å². The molecule has 21 heavy (non-hydrogen) atoms. The largest absolute Gasteiger partial charge is 0.392 e. The van der Waals surface area contributed by atoms with E-state index in [1.807, 2.05) is 55.5 Å². The van der Waals surface area contributed by atoms with Gasteiger partial charge in [0.2, 0.25) is 5.91 Å². The molecule has 0 radical (unpaired) electrons. The van der Waals surface area contributed by atoms with E-state index in [1.54, 1.807) is 0 Å². The SMILES string of the molecule is Cc1cccc(CNC(=O)C(C(N)=S)c2ccccc2)n1. The van der Waals surface area contributed by atoms with E-state index < -0.39 is 5.92 Å². The normalized spacial score (nSPS) is 11.7. The fourth-order valence-corrected chi connectivity index (χ4v) is 2.31. The van der Waals surface area contributed by atoms with Crippen molar-refractivity contribution in [2.45, 2.75) is 19.4 Å². The van der Waals surface area contributed by atoms with Gasteiger partial charge in [0.15, 0.2) is 0 Å². The van der Waals surface area contributed by atoms with Crippen molar-refractivity contribution in [3.05, 3.63) is 65.5 Å². The minimum atomic E-state index is -0.619. The minimum Gasteiger partial charge on any atom is -0.392 e. The molecule has 1 heterocycles. The van der Waals surface area contributed by atoms with Gasteiger partial charge in [0.25, 0.3) is 0 Å². The molecule has 1 unspecified atom stereocenters. The number of nitrogens with zero attached hydrogens (tertiary/aromatic N) is 1. The van der Waals surface area contributed by atoms with Crippen LogP contribution in [-0.2, 0) is 11.3 Å². The Balaban J connectivity index is 2.08. The first kappa shape index (κ1) is 15.1. The second kappa shape index (κ2) is 6.95. The van der Waals surface area contributed by atoms with Gasteiger partial charge >= 0.3 is 0 Å². The van der Waals surface area contributed by atoms with Crippen molar-refractivity contribution in [3.8, 4) is 0 Å². The van der Waals surface area contributed by atoms with Gasteiger partial charge in [-0.25, -0.2) is 0 Å². The van der Waals surface area contributed by atoms with Crippen LogP contribution in [0.1, 0.15) is 22.9 Å². The summed E-state index contributed by atoms with van der Waals surface area (Å²) >= 11 is 5.03. The summed E-state index contributed by atoms with van der Waals surface area (Å²) in [7, 11) is 0. The minimum absolute atomic E-state index is 0.163. The predicted molar refractivity (Wildman–Crippen MR) is 86.8 cm³/mol. The number of nitrogens with two attached hydrogens (primary N) is 1. The fraction of sp³-hybridized carbons (Fsp3) is 0.188. The highest BCUT2D eigenvalue weighted by Gasteiger charge is 2.23. The van der Waals surface area contributed by atoms with E-state index in [4.69, 9.17) is 18.0 Å². The number of rotatable bonds is 5. The lowest BCUT2D eigenvalue weighted by atomic mass is 9.98. The summed E-state index contributed by atoms with van der Waals surface area (Å²) in [6.07, 6.45) is 0. The van der Waals surface area contributed by atoms with Gasteiger partial charge in [-0.1, -0.05) is 48.6 Å². The first-order chi connectivity index (χ1) is 10.1. The summed E-state index contributed by atoms with van der Waals surface area (Å²) in [6, 6.07) is 15.0. The third kappa shape index (κ3) is 4.10. The molecule has 0 aliphatic rings. The molecule has 0 saturated carbocycles. The van der Waals surface area contributed by atoms with Crippen LogP contribution >= 0.6 is 12.2 Å². The standard InChI is InChI=1S/C16H17N3OS/c1-11-6-5-9-13(19-11)10-18-16(20)14(15(17)21)12-7-3-2-4-8-12/h2-9,14H,10H2,1H3,(H2,17,21)(H,18,20). The summed E-state index contributed by atoms with van der Waals surface area (Å²) in [4.78, 5) is 16.8. The maximum atomic E-state index is 12.3. The Morgan fingerprint density at radius 2 is 1.95 bits per heavy atom. The van der Waals surface area contributed by atoms with E-state index in [-0.39, 0.29) is 10.9 Å². The highest BCUT2D eigenvalue weighted by molar-refractivity contribution is 7.80. The predicted octanol–water partition coefficient (Wildman–Crippen LogP) is 2.08. The number of nitrogens with one attached hydrogen (secondary N) is 1. The van der Waals surface area contributed by atoms with E-state index in [1.165, 1.54) is 0 Å². The Morgan fingerprint density at radius 1 is 1.24 bits per heavy atom. The molecule has 1 atom stereocenters. The molecule has 3 N–H and O–H groups in total. The van der Waals surface area contributed by atoms with E-state index in [0.717, 1.165) is 17.0 Å². The summed E-state index contributed by atoms with van der Waals surface area (Å²) in [5, 5.41) is 2.84. The molecular formula is C16H17N3OS. The Bertz CT molecular complexity index is 643. The van der Waals surface area contributed by atoms with Gasteiger partial charge in [-0.3, -0.25) is 9.78 Å². The number of amides is 1. The van der Waals surface area contributed by atoms with Crippen LogP contribution in [0.4, 0.5) is 0 Å². The number of carbonyl (C=O) groups excluding carboxylic acids is 1. The molecule has 5 heteroatoms. The van der Waals surface area contributed by atoms with Crippen LogP contribution in [0.5, 0.6) is 0 Å². The number of carbonyl (C=O) groups is 1. The smallest absolute Gasteiger partial charge is 0.234 e. The summed E-state index contributed by atoms with van der Waals surface area (Å²) in [6.45, 7) is 2.26. The Labute approximate surface area is 129 Å². The molecule has 108 valence electrons. The van der Waals surface area contributed by atoms with Gasteiger partial charge < -0.3 is 11.1 Å². The van der Waals surface area contributed by atoms with E-state index in [9.17, 15) is 4.79 Å². The van der Waals surface area contributed by atoms with Gasteiger partial charge in [-0.15, -0.1) is 0 Å². The summed E-state index contributed by atoms with van der Waals surface area (Å²) in [5.41, 5.74) is 8.23. The second-order valence-electron chi connectivity index (χ2n) is 4.73. The van der Waals surface area contributed by atoms with Crippen molar-refractivity contribution in [1.82, 2.24) is 10.3 Å². The van der Waals surface area contributed by atoms with Crippen molar-refractivity contribution in [2.24, 2.45) is 5.73 Å². The maximum absolute atomic E-state index is 12.3. The third-order valence-corrected chi connectivity index (χ3v) is 3.31. The van der Waals surface area contributed by atoms with Crippen LogP contribution in [0, 0.1) is 6.92 Å². The summed E-state index contributed by atoms with van der Waals surface area (Å²) < 4.78 is 0. The van der Waals surface area contributed by atoms with Gasteiger partial charge in [0.1, 0.15) is 5.92 Å². The molecule has 0 fully saturated rings. The molecular weight excluding hydrogens is 282 g/mol. The van der Waals surface area contributed by atoms with Gasteiger partial charge in [0.05, 0.1) is 17.2 Å². The molecule has 1 amide bonds. The van der Waals surface area contributed by atoms with Crippen molar-refractivity contribution < 1.29 is 4.79 Å². The van der Waals surface area contributed by atoms with Crippen LogP contribution in [0.15, 0.2) is 48.5 Å².